The van der Waals surface area contributed by atoms with E-state index < -0.39 is 10.0 Å². The Labute approximate surface area is 128 Å². The van der Waals surface area contributed by atoms with Crippen molar-refractivity contribution < 1.29 is 17.9 Å². The molecule has 0 spiro atoms. The smallest absolute Gasteiger partial charge is 0.247 e. The average Bonchev–Trinajstić information content (AvgIpc) is 2.64. The van der Waals surface area contributed by atoms with Crippen molar-refractivity contribution in [2.75, 3.05) is 13.1 Å². The van der Waals surface area contributed by atoms with Crippen molar-refractivity contribution in [3.63, 3.8) is 0 Å². The van der Waals surface area contributed by atoms with E-state index in [1.807, 2.05) is 0 Å². The molecule has 0 bridgehead atoms. The second kappa shape index (κ2) is 5.79. The first kappa shape index (κ1) is 16.0. The fraction of sp³-hybridized carbons (Fsp3) is 0.692. The third kappa shape index (κ3) is 3.27. The van der Waals surface area contributed by atoms with Crippen molar-refractivity contribution in [3.8, 4) is 0 Å². The zero-order chi connectivity index (χ0) is 15.0. The molecule has 0 aliphatic carbocycles. The lowest BCUT2D eigenvalue weighted by molar-refractivity contribution is 0.245. The fourth-order valence-corrected chi connectivity index (χ4v) is 4.87. The summed E-state index contributed by atoms with van der Waals surface area (Å²) in [6, 6.07) is 1.38. The lowest BCUT2D eigenvalue weighted by atomic mass is 9.85. The topological polar surface area (TPSA) is 70.8 Å². The Kier molecular flexibility index (Phi) is 4.63. The van der Waals surface area contributed by atoms with Crippen LogP contribution in [0.1, 0.15) is 38.9 Å². The maximum Gasteiger partial charge on any atom is 0.247 e. The van der Waals surface area contributed by atoms with Crippen LogP contribution in [0.25, 0.3) is 0 Å². The largest absolute Gasteiger partial charge is 0.450 e. The molecule has 1 N–H and O–H groups in total. The molecule has 7 heteroatoms. The number of hydrogen-bond donors (Lipinski definition) is 1. The Hall–Kier alpha value is -0.370. The van der Waals surface area contributed by atoms with Gasteiger partial charge in [0.15, 0.2) is 4.67 Å². The van der Waals surface area contributed by atoms with Gasteiger partial charge in [0.1, 0.15) is 17.3 Å². The summed E-state index contributed by atoms with van der Waals surface area (Å²) in [5.41, 5.74) is 0.175. The van der Waals surface area contributed by atoms with Crippen LogP contribution in [0.2, 0.25) is 0 Å². The minimum atomic E-state index is -3.57. The summed E-state index contributed by atoms with van der Waals surface area (Å²) in [4.78, 5) is 0.0984. The second-order valence-corrected chi connectivity index (χ2v) is 8.56. The molecule has 0 radical (unpaired) electrons. The minimum Gasteiger partial charge on any atom is -0.450 e. The van der Waals surface area contributed by atoms with Gasteiger partial charge in [-0.05, 0) is 40.6 Å². The molecular weight excluding hydrogens is 346 g/mol. The summed E-state index contributed by atoms with van der Waals surface area (Å²) < 4.78 is 32.2. The molecule has 114 valence electrons. The Morgan fingerprint density at radius 3 is 2.70 bits per heavy atom. The standard InChI is InChI=1S/C13H20BrNO4S/c1-13(2)4-3-6-15(7-5-13)20(17,18)11-8-10(9-16)19-12(11)14/h8,16H,3-7,9H2,1-2H3. The molecule has 1 aromatic heterocycles. The molecule has 0 atom stereocenters. The van der Waals surface area contributed by atoms with E-state index in [1.54, 1.807) is 0 Å². The highest BCUT2D eigenvalue weighted by Gasteiger charge is 2.33. The van der Waals surface area contributed by atoms with Gasteiger partial charge in [0.05, 0.1) is 0 Å². The number of nitrogens with zero attached hydrogens (tertiary/aromatic N) is 1. The first-order valence-electron chi connectivity index (χ1n) is 6.65. The molecule has 5 nitrogen and oxygen atoms in total. The van der Waals surface area contributed by atoms with E-state index in [1.165, 1.54) is 10.4 Å². The van der Waals surface area contributed by atoms with Crippen LogP contribution in [0, 0.1) is 5.41 Å². The van der Waals surface area contributed by atoms with Gasteiger partial charge >= 0.3 is 0 Å². The Morgan fingerprint density at radius 1 is 1.40 bits per heavy atom. The minimum absolute atomic E-state index is 0.0984. The summed E-state index contributed by atoms with van der Waals surface area (Å²) in [6.45, 7) is 5.06. The van der Waals surface area contributed by atoms with Crippen LogP contribution in [0.5, 0.6) is 0 Å². The monoisotopic (exact) mass is 365 g/mol. The van der Waals surface area contributed by atoms with Gasteiger partial charge in [0.2, 0.25) is 10.0 Å². The lowest BCUT2D eigenvalue weighted by Gasteiger charge is -2.22. The van der Waals surface area contributed by atoms with Crippen molar-refractivity contribution in [2.24, 2.45) is 5.41 Å². The highest BCUT2D eigenvalue weighted by atomic mass is 79.9. The summed E-state index contributed by atoms with van der Waals surface area (Å²) >= 11 is 3.12. The number of halogens is 1. The van der Waals surface area contributed by atoms with Crippen molar-refractivity contribution in [1.29, 1.82) is 0 Å². The van der Waals surface area contributed by atoms with Crippen LogP contribution in [0.3, 0.4) is 0 Å². The van der Waals surface area contributed by atoms with Gasteiger partial charge in [-0.3, -0.25) is 0 Å². The molecule has 1 aromatic rings. The molecule has 20 heavy (non-hydrogen) atoms. The van der Waals surface area contributed by atoms with E-state index in [-0.39, 0.29) is 27.3 Å². The van der Waals surface area contributed by atoms with Gasteiger partial charge in [0, 0.05) is 19.2 Å². The molecule has 2 heterocycles. The molecule has 0 amide bonds. The van der Waals surface area contributed by atoms with Crippen LogP contribution in [0.4, 0.5) is 0 Å². The number of hydrogen-bond acceptors (Lipinski definition) is 4. The van der Waals surface area contributed by atoms with Gasteiger partial charge in [0.25, 0.3) is 0 Å². The third-order valence-corrected chi connectivity index (χ3v) is 6.53. The maximum atomic E-state index is 12.7. The van der Waals surface area contributed by atoms with E-state index in [4.69, 9.17) is 9.52 Å². The Morgan fingerprint density at radius 2 is 2.10 bits per heavy atom. The summed E-state index contributed by atoms with van der Waals surface area (Å²) in [5.74, 6) is 0.241. The fourth-order valence-electron chi connectivity index (χ4n) is 2.43. The molecule has 1 fully saturated rings. The van der Waals surface area contributed by atoms with E-state index in [2.05, 4.69) is 29.8 Å². The summed E-state index contributed by atoms with van der Waals surface area (Å²) in [7, 11) is -3.57. The third-order valence-electron chi connectivity index (χ3n) is 3.78. The molecule has 1 saturated heterocycles. The van der Waals surface area contributed by atoms with Crippen LogP contribution < -0.4 is 0 Å². The molecule has 2 rings (SSSR count). The SMILES string of the molecule is CC1(C)CCCN(S(=O)(=O)c2cc(CO)oc2Br)CC1. The normalized spacial score (nSPS) is 20.8. The summed E-state index contributed by atoms with van der Waals surface area (Å²) in [5, 5.41) is 9.04. The molecular formula is C13H20BrNO4S. The second-order valence-electron chi connectivity index (χ2n) is 5.93. The Bertz CT molecular complexity index is 579. The van der Waals surface area contributed by atoms with Crippen LogP contribution in [-0.2, 0) is 16.6 Å². The number of furan rings is 1. The Balaban J connectivity index is 2.28. The van der Waals surface area contributed by atoms with Gasteiger partial charge in [-0.25, -0.2) is 8.42 Å². The predicted molar refractivity (Wildman–Crippen MR) is 78.7 cm³/mol. The van der Waals surface area contributed by atoms with Crippen LogP contribution >= 0.6 is 15.9 Å². The van der Waals surface area contributed by atoms with Gasteiger partial charge in [-0.15, -0.1) is 0 Å². The molecule has 1 aliphatic heterocycles. The number of sulfonamides is 1. The van der Waals surface area contributed by atoms with E-state index in [0.29, 0.717) is 13.1 Å². The molecule has 0 unspecified atom stereocenters. The van der Waals surface area contributed by atoms with Crippen molar-refractivity contribution in [2.45, 2.75) is 44.6 Å². The van der Waals surface area contributed by atoms with Crippen molar-refractivity contribution >= 4 is 26.0 Å². The van der Waals surface area contributed by atoms with Gasteiger partial charge in [-0.2, -0.15) is 4.31 Å². The van der Waals surface area contributed by atoms with Gasteiger partial charge < -0.3 is 9.52 Å². The quantitative estimate of drug-likeness (QED) is 0.893. The van der Waals surface area contributed by atoms with Crippen LogP contribution in [-0.4, -0.2) is 30.9 Å². The first-order chi connectivity index (χ1) is 9.26. The summed E-state index contributed by atoms with van der Waals surface area (Å²) in [6.07, 6.45) is 2.72. The lowest BCUT2D eigenvalue weighted by Crippen LogP contribution is -2.32. The number of aliphatic hydroxyl groups is 1. The van der Waals surface area contributed by atoms with Gasteiger partial charge in [-0.1, -0.05) is 13.8 Å². The molecule has 1 aliphatic rings. The van der Waals surface area contributed by atoms with E-state index in [0.717, 1.165) is 19.3 Å². The molecule has 0 aromatic carbocycles. The van der Waals surface area contributed by atoms with Crippen molar-refractivity contribution in [3.05, 3.63) is 16.5 Å². The van der Waals surface area contributed by atoms with Crippen LogP contribution in [0.15, 0.2) is 20.0 Å². The average molecular weight is 366 g/mol. The maximum absolute atomic E-state index is 12.7. The van der Waals surface area contributed by atoms with E-state index in [9.17, 15) is 8.42 Å². The van der Waals surface area contributed by atoms with Crippen molar-refractivity contribution in [1.82, 2.24) is 4.31 Å². The highest BCUT2D eigenvalue weighted by Crippen LogP contribution is 2.34. The highest BCUT2D eigenvalue weighted by molar-refractivity contribution is 9.10. The van der Waals surface area contributed by atoms with E-state index >= 15 is 0 Å². The number of rotatable bonds is 3. The predicted octanol–water partition coefficient (Wildman–Crippen LogP) is 2.74. The first-order valence-corrected chi connectivity index (χ1v) is 8.89. The zero-order valence-electron chi connectivity index (χ0n) is 11.7. The number of aliphatic hydroxyl groups excluding tert-OH is 1. The molecule has 0 saturated carbocycles. The zero-order valence-corrected chi connectivity index (χ0v) is 14.1.